The van der Waals surface area contributed by atoms with Crippen LogP contribution in [0.25, 0.3) is 16.6 Å². The van der Waals surface area contributed by atoms with Crippen LogP contribution in [0.3, 0.4) is 0 Å². The Balaban J connectivity index is 1.81. The first-order valence-corrected chi connectivity index (χ1v) is 9.25. The standard InChI is InChI=1S/C23H17N5O/c1-14-20-21(17-11-12-26-19-10-6-5-9-16(17)19)18(13-24)22(25)29-23(20)28(27-14)15-7-3-2-4-8-15/h2-12,21H,25H2,1H3/t21-/m0/s1. The summed E-state index contributed by atoms with van der Waals surface area (Å²) in [5.41, 5.74) is 10.9. The molecule has 6 nitrogen and oxygen atoms in total. The Morgan fingerprint density at radius 1 is 1.07 bits per heavy atom. The molecule has 1 atom stereocenters. The molecule has 2 N–H and O–H groups in total. The second-order valence-corrected chi connectivity index (χ2v) is 6.89. The lowest BCUT2D eigenvalue weighted by Gasteiger charge is -2.25. The first kappa shape index (κ1) is 17.0. The molecule has 3 heterocycles. The monoisotopic (exact) mass is 379 g/mol. The molecule has 4 aromatic rings. The molecule has 0 fully saturated rings. The predicted molar refractivity (Wildman–Crippen MR) is 109 cm³/mol. The molecule has 2 aromatic heterocycles. The van der Waals surface area contributed by atoms with E-state index in [2.05, 4.69) is 11.1 Å². The number of hydrogen-bond acceptors (Lipinski definition) is 5. The van der Waals surface area contributed by atoms with Crippen molar-refractivity contribution in [2.24, 2.45) is 5.73 Å². The fourth-order valence-corrected chi connectivity index (χ4v) is 3.94. The van der Waals surface area contributed by atoms with Gasteiger partial charge < -0.3 is 10.5 Å². The highest BCUT2D eigenvalue weighted by Gasteiger charge is 2.36. The highest BCUT2D eigenvalue weighted by Crippen LogP contribution is 2.45. The Morgan fingerprint density at radius 3 is 2.62 bits per heavy atom. The molecule has 0 amide bonds. The van der Waals surface area contributed by atoms with E-state index >= 15 is 0 Å². The lowest BCUT2D eigenvalue weighted by molar-refractivity contribution is 0.367. The summed E-state index contributed by atoms with van der Waals surface area (Å²) in [6.07, 6.45) is 1.76. The SMILES string of the molecule is Cc1nn(-c2ccccc2)c2c1[C@@H](c1ccnc3ccccc13)C(C#N)=C(N)O2. The van der Waals surface area contributed by atoms with E-state index in [1.54, 1.807) is 10.9 Å². The van der Waals surface area contributed by atoms with Crippen molar-refractivity contribution in [1.82, 2.24) is 14.8 Å². The summed E-state index contributed by atoms with van der Waals surface area (Å²) in [6.45, 7) is 1.93. The number of benzene rings is 2. The van der Waals surface area contributed by atoms with Crippen LogP contribution in [0, 0.1) is 18.3 Å². The van der Waals surface area contributed by atoms with E-state index in [4.69, 9.17) is 15.6 Å². The molecule has 1 aliphatic heterocycles. The molecule has 0 saturated carbocycles. The molecule has 0 bridgehead atoms. The van der Waals surface area contributed by atoms with Crippen molar-refractivity contribution < 1.29 is 4.74 Å². The number of allylic oxidation sites excluding steroid dienone is 1. The molecule has 0 saturated heterocycles. The third-order valence-electron chi connectivity index (χ3n) is 5.23. The van der Waals surface area contributed by atoms with Crippen LogP contribution in [0.4, 0.5) is 0 Å². The van der Waals surface area contributed by atoms with E-state index < -0.39 is 0 Å². The van der Waals surface area contributed by atoms with Crippen LogP contribution in [0.1, 0.15) is 22.7 Å². The van der Waals surface area contributed by atoms with Gasteiger partial charge in [-0.2, -0.15) is 10.4 Å². The molecule has 0 unspecified atom stereocenters. The number of ether oxygens (including phenoxy) is 1. The predicted octanol–water partition coefficient (Wildman–Crippen LogP) is 3.95. The van der Waals surface area contributed by atoms with Crippen LogP contribution in [0.15, 0.2) is 78.3 Å². The molecular formula is C23H17N5O. The summed E-state index contributed by atoms with van der Waals surface area (Å²) in [5.74, 6) is 0.258. The van der Waals surface area contributed by atoms with Crippen molar-refractivity contribution in [2.45, 2.75) is 12.8 Å². The molecule has 29 heavy (non-hydrogen) atoms. The Hall–Kier alpha value is -4.11. The molecule has 140 valence electrons. The van der Waals surface area contributed by atoms with Crippen molar-refractivity contribution in [2.75, 3.05) is 0 Å². The van der Waals surface area contributed by atoms with Gasteiger partial charge in [0.2, 0.25) is 11.8 Å². The first-order chi connectivity index (χ1) is 14.2. The van der Waals surface area contributed by atoms with Crippen LogP contribution < -0.4 is 10.5 Å². The van der Waals surface area contributed by atoms with Crippen LogP contribution >= 0.6 is 0 Å². The van der Waals surface area contributed by atoms with Gasteiger partial charge in [-0.25, -0.2) is 4.68 Å². The zero-order valence-corrected chi connectivity index (χ0v) is 15.7. The maximum absolute atomic E-state index is 9.89. The van der Waals surface area contributed by atoms with Crippen LogP contribution in [-0.2, 0) is 0 Å². The summed E-state index contributed by atoms with van der Waals surface area (Å²) >= 11 is 0. The largest absolute Gasteiger partial charge is 0.422 e. The van der Waals surface area contributed by atoms with Gasteiger partial charge >= 0.3 is 0 Å². The average Bonchev–Trinajstić information content (AvgIpc) is 3.09. The summed E-state index contributed by atoms with van der Waals surface area (Å²) in [5, 5.41) is 15.6. The van der Waals surface area contributed by atoms with Gasteiger partial charge in [0.25, 0.3) is 0 Å². The number of nitriles is 1. The third-order valence-corrected chi connectivity index (χ3v) is 5.23. The van der Waals surface area contributed by atoms with E-state index in [0.717, 1.165) is 33.4 Å². The number of hydrogen-bond donors (Lipinski definition) is 1. The Bertz CT molecular complexity index is 1310. The van der Waals surface area contributed by atoms with Gasteiger partial charge in [0, 0.05) is 11.6 Å². The van der Waals surface area contributed by atoms with Gasteiger partial charge in [0.15, 0.2) is 0 Å². The normalized spacial score (nSPS) is 15.7. The van der Waals surface area contributed by atoms with E-state index in [9.17, 15) is 5.26 Å². The molecule has 5 rings (SSSR count). The van der Waals surface area contributed by atoms with E-state index in [-0.39, 0.29) is 11.8 Å². The zero-order valence-electron chi connectivity index (χ0n) is 15.7. The number of para-hydroxylation sites is 2. The van der Waals surface area contributed by atoms with Crippen molar-refractivity contribution >= 4 is 10.9 Å². The number of aromatic nitrogens is 3. The van der Waals surface area contributed by atoms with Crippen molar-refractivity contribution in [3.8, 4) is 17.6 Å². The van der Waals surface area contributed by atoms with Crippen molar-refractivity contribution in [3.63, 3.8) is 0 Å². The van der Waals surface area contributed by atoms with Gasteiger partial charge in [0.05, 0.1) is 28.4 Å². The van der Waals surface area contributed by atoms with E-state index in [1.165, 1.54) is 0 Å². The Labute approximate surface area is 167 Å². The summed E-state index contributed by atoms with van der Waals surface area (Å²) in [7, 11) is 0. The lowest BCUT2D eigenvalue weighted by atomic mass is 9.83. The Morgan fingerprint density at radius 2 is 1.83 bits per heavy atom. The minimum absolute atomic E-state index is 0.1000. The number of fused-ring (bicyclic) bond motifs is 2. The molecule has 2 aromatic carbocycles. The second-order valence-electron chi connectivity index (χ2n) is 6.89. The number of pyridine rings is 1. The maximum atomic E-state index is 9.89. The molecule has 1 aliphatic rings. The summed E-state index contributed by atoms with van der Waals surface area (Å²) in [4.78, 5) is 4.46. The van der Waals surface area contributed by atoms with Crippen LogP contribution in [-0.4, -0.2) is 14.8 Å². The molecule has 6 heteroatoms. The number of aryl methyl sites for hydroxylation is 1. The van der Waals surface area contributed by atoms with Gasteiger partial charge in [-0.05, 0) is 36.8 Å². The van der Waals surface area contributed by atoms with Gasteiger partial charge in [0.1, 0.15) is 11.6 Å². The summed E-state index contributed by atoms with van der Waals surface area (Å²) in [6, 6.07) is 21.8. The van der Waals surface area contributed by atoms with Crippen molar-refractivity contribution in [3.05, 3.63) is 95.1 Å². The lowest BCUT2D eigenvalue weighted by Crippen LogP contribution is -2.22. The fraction of sp³-hybridized carbons (Fsp3) is 0.0870. The topological polar surface area (TPSA) is 89.8 Å². The van der Waals surface area contributed by atoms with E-state index in [0.29, 0.717) is 11.5 Å². The minimum Gasteiger partial charge on any atom is -0.422 e. The molecule has 0 aliphatic carbocycles. The first-order valence-electron chi connectivity index (χ1n) is 9.25. The fourth-order valence-electron chi connectivity index (χ4n) is 3.94. The third kappa shape index (κ3) is 2.56. The Kier molecular flexibility index (Phi) is 3.81. The van der Waals surface area contributed by atoms with Crippen molar-refractivity contribution in [1.29, 1.82) is 5.26 Å². The number of nitrogens with zero attached hydrogens (tertiary/aromatic N) is 4. The van der Waals surface area contributed by atoms with Gasteiger partial charge in [-0.1, -0.05) is 36.4 Å². The maximum Gasteiger partial charge on any atom is 0.229 e. The summed E-state index contributed by atoms with van der Waals surface area (Å²) < 4.78 is 7.66. The average molecular weight is 379 g/mol. The molecule has 0 radical (unpaired) electrons. The van der Waals surface area contributed by atoms with Gasteiger partial charge in [-0.15, -0.1) is 0 Å². The highest BCUT2D eigenvalue weighted by atomic mass is 16.5. The second kappa shape index (κ2) is 6.50. The van der Waals surface area contributed by atoms with E-state index in [1.807, 2.05) is 67.6 Å². The van der Waals surface area contributed by atoms with Crippen LogP contribution in [0.5, 0.6) is 5.88 Å². The minimum atomic E-state index is -0.380. The number of nitrogens with two attached hydrogens (primary N) is 1. The van der Waals surface area contributed by atoms with Crippen LogP contribution in [0.2, 0.25) is 0 Å². The highest BCUT2D eigenvalue weighted by molar-refractivity contribution is 5.84. The molecular weight excluding hydrogens is 362 g/mol. The number of rotatable bonds is 2. The quantitative estimate of drug-likeness (QED) is 0.570. The molecule has 0 spiro atoms. The zero-order chi connectivity index (χ0) is 20.0. The smallest absolute Gasteiger partial charge is 0.229 e. The van der Waals surface area contributed by atoms with Gasteiger partial charge in [-0.3, -0.25) is 4.98 Å².